The quantitative estimate of drug-likeness (QED) is 0.449. The van der Waals surface area contributed by atoms with E-state index in [4.69, 9.17) is 0 Å². The molecule has 5 nitrogen and oxygen atoms in total. The van der Waals surface area contributed by atoms with Gasteiger partial charge >= 0.3 is 0 Å². The second-order valence-electron chi connectivity index (χ2n) is 5.16. The molecule has 0 aliphatic heterocycles. The van der Waals surface area contributed by atoms with Crippen molar-refractivity contribution >= 4 is 17.6 Å². The van der Waals surface area contributed by atoms with Crippen LogP contribution in [0, 0.1) is 23.4 Å². The van der Waals surface area contributed by atoms with Crippen molar-refractivity contribution in [1.29, 1.82) is 0 Å². The van der Waals surface area contributed by atoms with Crippen LogP contribution in [0.2, 0.25) is 0 Å². The zero-order valence-corrected chi connectivity index (χ0v) is 12.2. The lowest BCUT2D eigenvalue weighted by atomic mass is 10.2. The van der Waals surface area contributed by atoms with Crippen LogP contribution in [-0.2, 0) is 4.79 Å². The van der Waals surface area contributed by atoms with E-state index in [9.17, 15) is 18.0 Å². The normalized spacial score (nSPS) is 20.5. The molecule has 0 spiro atoms. The van der Waals surface area contributed by atoms with Crippen LogP contribution in [0.5, 0.6) is 0 Å². The molecular formula is C14H17F3N4O. The van der Waals surface area contributed by atoms with Crippen LogP contribution < -0.4 is 16.0 Å². The van der Waals surface area contributed by atoms with Crippen molar-refractivity contribution in [3.63, 3.8) is 0 Å². The van der Waals surface area contributed by atoms with Gasteiger partial charge < -0.3 is 16.0 Å². The van der Waals surface area contributed by atoms with Gasteiger partial charge in [0.1, 0.15) is 0 Å². The molecule has 1 saturated carbocycles. The third kappa shape index (κ3) is 3.90. The molecule has 1 aliphatic carbocycles. The predicted octanol–water partition coefficient (Wildman–Crippen LogP) is 1.62. The van der Waals surface area contributed by atoms with E-state index in [1.54, 1.807) is 7.05 Å². The van der Waals surface area contributed by atoms with Crippen LogP contribution in [0.3, 0.4) is 0 Å². The number of rotatable bonds is 4. The van der Waals surface area contributed by atoms with Gasteiger partial charge in [0.25, 0.3) is 0 Å². The summed E-state index contributed by atoms with van der Waals surface area (Å²) < 4.78 is 39.3. The highest BCUT2D eigenvalue weighted by molar-refractivity contribution is 5.95. The number of aliphatic imine (C=N–C) groups is 1. The Hall–Kier alpha value is -2.25. The molecular weight excluding hydrogens is 297 g/mol. The molecule has 2 unspecified atom stereocenters. The average Bonchev–Trinajstić information content (AvgIpc) is 3.19. The molecule has 3 N–H and O–H groups in total. The Labute approximate surface area is 126 Å². The lowest BCUT2D eigenvalue weighted by Gasteiger charge is -2.12. The maximum Gasteiger partial charge on any atom is 0.243 e. The molecule has 2 rings (SSSR count). The van der Waals surface area contributed by atoms with Crippen molar-refractivity contribution in [2.75, 3.05) is 18.9 Å². The molecule has 0 radical (unpaired) electrons. The van der Waals surface area contributed by atoms with Gasteiger partial charge in [-0.15, -0.1) is 0 Å². The molecule has 22 heavy (non-hydrogen) atoms. The molecule has 120 valence electrons. The van der Waals surface area contributed by atoms with Crippen molar-refractivity contribution in [2.24, 2.45) is 10.9 Å². The largest absolute Gasteiger partial charge is 0.353 e. The minimum absolute atomic E-state index is 0.181. The van der Waals surface area contributed by atoms with Gasteiger partial charge in [-0.25, -0.2) is 13.2 Å². The van der Waals surface area contributed by atoms with Gasteiger partial charge in [0.15, 0.2) is 23.4 Å². The fourth-order valence-electron chi connectivity index (χ4n) is 1.87. The first kappa shape index (κ1) is 16.1. The van der Waals surface area contributed by atoms with Crippen LogP contribution in [0.1, 0.15) is 13.3 Å². The maximum atomic E-state index is 13.4. The standard InChI is InChI=1S/C14H17F3N4O/c1-7-5-10(7)21-14(18-2)19-6-11(22)20-9-4-3-8(15)12(16)13(9)17/h3-4,7,10H,5-6H2,1-2H3,(H,20,22)(H2,18,19,21). The minimum Gasteiger partial charge on any atom is -0.353 e. The van der Waals surface area contributed by atoms with E-state index in [-0.39, 0.29) is 6.54 Å². The number of halogens is 3. The molecule has 1 fully saturated rings. The lowest BCUT2D eigenvalue weighted by molar-refractivity contribution is -0.115. The Kier molecular flexibility index (Phi) is 4.89. The Balaban J connectivity index is 1.86. The summed E-state index contributed by atoms with van der Waals surface area (Å²) in [6.07, 6.45) is 1.03. The van der Waals surface area contributed by atoms with Gasteiger partial charge in [-0.2, -0.15) is 0 Å². The van der Waals surface area contributed by atoms with E-state index in [0.717, 1.165) is 18.6 Å². The molecule has 0 saturated heterocycles. The molecule has 1 aliphatic rings. The van der Waals surface area contributed by atoms with Crippen molar-refractivity contribution in [2.45, 2.75) is 19.4 Å². The molecule has 2 atom stereocenters. The van der Waals surface area contributed by atoms with Gasteiger partial charge in [0, 0.05) is 13.1 Å². The number of benzene rings is 1. The Morgan fingerprint density at radius 1 is 1.32 bits per heavy atom. The number of carbonyl (C=O) groups excluding carboxylic acids is 1. The molecule has 0 heterocycles. The lowest BCUT2D eigenvalue weighted by Crippen LogP contribution is -2.42. The van der Waals surface area contributed by atoms with Crippen LogP contribution in [-0.4, -0.2) is 31.5 Å². The fourth-order valence-corrected chi connectivity index (χ4v) is 1.87. The van der Waals surface area contributed by atoms with Gasteiger partial charge in [-0.1, -0.05) is 6.92 Å². The maximum absolute atomic E-state index is 13.4. The zero-order chi connectivity index (χ0) is 16.3. The summed E-state index contributed by atoms with van der Waals surface area (Å²) in [5, 5.41) is 8.05. The Morgan fingerprint density at radius 3 is 2.59 bits per heavy atom. The number of nitrogens with zero attached hydrogens (tertiary/aromatic N) is 1. The van der Waals surface area contributed by atoms with Crippen LogP contribution in [0.4, 0.5) is 18.9 Å². The SMILES string of the molecule is CN=C(NCC(=O)Nc1ccc(F)c(F)c1F)NC1CC1C. The van der Waals surface area contributed by atoms with E-state index >= 15 is 0 Å². The molecule has 1 amide bonds. The molecule has 0 bridgehead atoms. The summed E-state index contributed by atoms with van der Waals surface area (Å²) in [6.45, 7) is 1.91. The first-order chi connectivity index (χ1) is 10.4. The monoisotopic (exact) mass is 314 g/mol. The second kappa shape index (κ2) is 6.67. The summed E-state index contributed by atoms with van der Waals surface area (Å²) in [6, 6.07) is 2.04. The van der Waals surface area contributed by atoms with Crippen LogP contribution >= 0.6 is 0 Å². The summed E-state index contributed by atoms with van der Waals surface area (Å²) in [5.74, 6) is -3.94. The summed E-state index contributed by atoms with van der Waals surface area (Å²) in [5.41, 5.74) is -0.413. The van der Waals surface area contributed by atoms with Crippen molar-refractivity contribution in [3.05, 3.63) is 29.6 Å². The van der Waals surface area contributed by atoms with E-state index in [1.165, 1.54) is 0 Å². The Morgan fingerprint density at radius 2 is 2.00 bits per heavy atom. The van der Waals surface area contributed by atoms with Crippen molar-refractivity contribution in [1.82, 2.24) is 10.6 Å². The topological polar surface area (TPSA) is 65.5 Å². The third-order valence-electron chi connectivity index (χ3n) is 3.38. The molecule has 0 aromatic heterocycles. The number of anilines is 1. The number of hydrogen-bond acceptors (Lipinski definition) is 2. The van der Waals surface area contributed by atoms with E-state index in [1.807, 2.05) is 0 Å². The van der Waals surface area contributed by atoms with E-state index in [0.29, 0.717) is 17.9 Å². The smallest absolute Gasteiger partial charge is 0.243 e. The van der Waals surface area contributed by atoms with Gasteiger partial charge in [-0.05, 0) is 24.5 Å². The fraction of sp³-hybridized carbons (Fsp3) is 0.429. The molecule has 8 heteroatoms. The van der Waals surface area contributed by atoms with E-state index < -0.39 is 29.0 Å². The average molecular weight is 314 g/mol. The number of hydrogen-bond donors (Lipinski definition) is 3. The summed E-state index contributed by atoms with van der Waals surface area (Å²) in [7, 11) is 1.56. The molecule has 1 aromatic rings. The van der Waals surface area contributed by atoms with Crippen LogP contribution in [0.25, 0.3) is 0 Å². The molecule has 1 aromatic carbocycles. The first-order valence-corrected chi connectivity index (χ1v) is 6.83. The Bertz CT molecular complexity index is 606. The van der Waals surface area contributed by atoms with Crippen molar-refractivity contribution < 1.29 is 18.0 Å². The third-order valence-corrected chi connectivity index (χ3v) is 3.38. The zero-order valence-electron chi connectivity index (χ0n) is 12.2. The van der Waals surface area contributed by atoms with Gasteiger partial charge in [0.2, 0.25) is 5.91 Å². The summed E-state index contributed by atoms with van der Waals surface area (Å²) in [4.78, 5) is 15.7. The highest BCUT2D eigenvalue weighted by Crippen LogP contribution is 2.28. The number of nitrogens with one attached hydrogen (secondary N) is 3. The first-order valence-electron chi connectivity index (χ1n) is 6.83. The number of amides is 1. The predicted molar refractivity (Wildman–Crippen MR) is 77.0 cm³/mol. The van der Waals surface area contributed by atoms with Crippen molar-refractivity contribution in [3.8, 4) is 0 Å². The highest BCUT2D eigenvalue weighted by Gasteiger charge is 2.33. The number of guanidine groups is 1. The second-order valence-corrected chi connectivity index (χ2v) is 5.16. The highest BCUT2D eigenvalue weighted by atomic mass is 19.2. The van der Waals surface area contributed by atoms with Crippen LogP contribution in [0.15, 0.2) is 17.1 Å². The summed E-state index contributed by atoms with van der Waals surface area (Å²) >= 11 is 0. The van der Waals surface area contributed by atoms with Gasteiger partial charge in [-0.3, -0.25) is 9.79 Å². The number of carbonyl (C=O) groups is 1. The van der Waals surface area contributed by atoms with Gasteiger partial charge in [0.05, 0.1) is 12.2 Å². The minimum atomic E-state index is -1.62. The van der Waals surface area contributed by atoms with E-state index in [2.05, 4.69) is 27.9 Å².